The Bertz CT molecular complexity index is 1910. The van der Waals surface area contributed by atoms with Crippen molar-refractivity contribution in [3.8, 4) is 17.0 Å². The normalized spacial score (nSPS) is 11.3. The molecule has 0 atom stereocenters. The Labute approximate surface area is 314 Å². The Balaban J connectivity index is 0.991. The summed E-state index contributed by atoms with van der Waals surface area (Å²) in [6, 6.07) is 22.9. The number of carbonyl (C=O) groups is 2. The number of nitrogens with two attached hydrogens (primary N) is 1. The summed E-state index contributed by atoms with van der Waals surface area (Å²) in [6.07, 6.45) is 1.98. The lowest BCUT2D eigenvalue weighted by Gasteiger charge is -2.09. The lowest BCUT2D eigenvalue weighted by atomic mass is 10.1. The van der Waals surface area contributed by atoms with Crippen LogP contribution in [0.1, 0.15) is 26.4 Å². The highest BCUT2D eigenvalue weighted by molar-refractivity contribution is 7.16. The summed E-state index contributed by atoms with van der Waals surface area (Å²) < 4.78 is 34.7. The van der Waals surface area contributed by atoms with Crippen molar-refractivity contribution >= 4 is 39.2 Å². The number of hydrogen-bond acceptors (Lipinski definition) is 11. The maximum atomic E-state index is 13.3. The van der Waals surface area contributed by atoms with Crippen LogP contribution in [0.5, 0.6) is 5.75 Å². The zero-order chi connectivity index (χ0) is 37.3. The number of aryl methyl sites for hydroxylation is 2. The van der Waals surface area contributed by atoms with Crippen LogP contribution in [-0.4, -0.2) is 101 Å². The molecule has 12 nitrogen and oxygen atoms in total. The number of aromatic nitrogens is 2. The van der Waals surface area contributed by atoms with E-state index in [2.05, 4.69) is 5.32 Å². The molecule has 13 heteroatoms. The summed E-state index contributed by atoms with van der Waals surface area (Å²) in [5.74, 6) is 0.426. The van der Waals surface area contributed by atoms with Crippen LogP contribution in [0.2, 0.25) is 0 Å². The molecule has 0 bridgehead atoms. The van der Waals surface area contributed by atoms with Gasteiger partial charge in [-0.2, -0.15) is 0 Å². The number of anilines is 1. The highest BCUT2D eigenvalue weighted by atomic mass is 32.1. The van der Waals surface area contributed by atoms with Gasteiger partial charge in [0.15, 0.2) is 5.13 Å². The molecule has 0 spiro atoms. The van der Waals surface area contributed by atoms with Crippen molar-refractivity contribution in [1.29, 1.82) is 0 Å². The van der Waals surface area contributed by atoms with Crippen molar-refractivity contribution in [3.05, 3.63) is 101 Å². The number of hydrogen-bond donors (Lipinski definition) is 2. The quantitative estimate of drug-likeness (QED) is 0.0803. The Morgan fingerprint density at radius 3 is 2.09 bits per heavy atom. The second-order valence-corrected chi connectivity index (χ2v) is 13.3. The Morgan fingerprint density at radius 2 is 1.42 bits per heavy atom. The molecule has 5 rings (SSSR count). The fourth-order valence-electron chi connectivity index (χ4n) is 5.50. The van der Waals surface area contributed by atoms with Crippen LogP contribution >= 0.6 is 11.3 Å². The average molecular weight is 745 g/mol. The number of benzene rings is 3. The van der Waals surface area contributed by atoms with Gasteiger partial charge in [-0.15, -0.1) is 11.3 Å². The molecule has 3 N–H and O–H groups in total. The predicted molar refractivity (Wildman–Crippen MR) is 206 cm³/mol. The third kappa shape index (κ3) is 12.3. The molecule has 282 valence electrons. The van der Waals surface area contributed by atoms with Crippen LogP contribution < -0.4 is 15.8 Å². The fourth-order valence-corrected chi connectivity index (χ4v) is 6.36. The maximum absolute atomic E-state index is 13.3. The van der Waals surface area contributed by atoms with E-state index in [-0.39, 0.29) is 18.2 Å². The van der Waals surface area contributed by atoms with Gasteiger partial charge < -0.3 is 39.5 Å². The molecule has 3 aromatic carbocycles. The van der Waals surface area contributed by atoms with Crippen molar-refractivity contribution in [2.75, 3.05) is 84.5 Å². The van der Waals surface area contributed by atoms with Gasteiger partial charge in [-0.1, -0.05) is 36.4 Å². The van der Waals surface area contributed by atoms with E-state index in [9.17, 15) is 9.59 Å². The zero-order valence-electron chi connectivity index (χ0n) is 30.3. The summed E-state index contributed by atoms with van der Waals surface area (Å²) in [5, 5.41) is 4.41. The summed E-state index contributed by atoms with van der Waals surface area (Å²) in [5.41, 5.74) is 10.3. The first-order chi connectivity index (χ1) is 25.9. The standard InChI is InChI=1S/C40H48N4O8S/c1-29-6-3-4-9-35(29)39(46)44-14-12-32-28-33(10-11-36(32)44)38-30(2)53-40(43-38)42-37(45)27-31-7-5-8-34(26-31)52-25-24-51-23-22-50-21-20-49-19-18-48-17-16-47-15-13-41/h3-12,14,26,28H,13,15-25,27,41H2,1-2H3,(H,42,43,45). The van der Waals surface area contributed by atoms with Gasteiger partial charge in [0.05, 0.1) is 83.7 Å². The third-order valence-corrected chi connectivity index (χ3v) is 9.00. The fraction of sp³-hybridized carbons (Fsp3) is 0.375. The average Bonchev–Trinajstić information content (AvgIpc) is 3.75. The van der Waals surface area contributed by atoms with Gasteiger partial charge >= 0.3 is 0 Å². The molecule has 0 radical (unpaired) electrons. The van der Waals surface area contributed by atoms with Crippen molar-refractivity contribution in [3.63, 3.8) is 0 Å². The van der Waals surface area contributed by atoms with E-state index in [0.29, 0.717) is 95.7 Å². The highest BCUT2D eigenvalue weighted by Crippen LogP contribution is 2.33. The lowest BCUT2D eigenvalue weighted by Crippen LogP contribution is -2.15. The lowest BCUT2D eigenvalue weighted by molar-refractivity contribution is -0.115. The molecular formula is C40H48N4O8S. The topological polar surface area (TPSA) is 145 Å². The van der Waals surface area contributed by atoms with E-state index >= 15 is 0 Å². The second kappa shape index (κ2) is 21.3. The minimum absolute atomic E-state index is 0.0672. The van der Waals surface area contributed by atoms with E-state index in [1.807, 2.05) is 86.6 Å². The minimum atomic E-state index is -0.170. The second-order valence-electron chi connectivity index (χ2n) is 12.1. The molecule has 53 heavy (non-hydrogen) atoms. The number of carbonyl (C=O) groups excluding carboxylic acids is 2. The zero-order valence-corrected chi connectivity index (χ0v) is 31.2. The monoisotopic (exact) mass is 744 g/mol. The van der Waals surface area contributed by atoms with E-state index in [1.165, 1.54) is 11.3 Å². The van der Waals surface area contributed by atoms with E-state index in [0.717, 1.165) is 38.2 Å². The molecule has 2 heterocycles. The molecule has 0 unspecified atom stereocenters. The first-order valence-corrected chi connectivity index (χ1v) is 18.5. The summed E-state index contributed by atoms with van der Waals surface area (Å²) in [6.45, 7) is 9.71. The van der Waals surface area contributed by atoms with Crippen LogP contribution in [0, 0.1) is 13.8 Å². The first-order valence-electron chi connectivity index (χ1n) is 17.7. The van der Waals surface area contributed by atoms with Gasteiger partial charge in [0, 0.05) is 34.1 Å². The van der Waals surface area contributed by atoms with E-state index in [4.69, 9.17) is 39.1 Å². The number of nitrogens with zero attached hydrogens (tertiary/aromatic N) is 2. The highest BCUT2D eigenvalue weighted by Gasteiger charge is 2.17. The number of rotatable bonds is 23. The Morgan fingerprint density at radius 1 is 0.755 bits per heavy atom. The summed E-state index contributed by atoms with van der Waals surface area (Å²) in [7, 11) is 0. The van der Waals surface area contributed by atoms with Gasteiger partial charge in [0.1, 0.15) is 12.4 Å². The smallest absolute Gasteiger partial charge is 0.262 e. The summed E-state index contributed by atoms with van der Waals surface area (Å²) in [4.78, 5) is 32.0. The van der Waals surface area contributed by atoms with Gasteiger partial charge in [-0.25, -0.2) is 4.98 Å². The molecule has 0 aliphatic rings. The van der Waals surface area contributed by atoms with Gasteiger partial charge in [-0.3, -0.25) is 14.2 Å². The maximum Gasteiger partial charge on any atom is 0.262 e. The molecule has 0 fully saturated rings. The third-order valence-electron chi connectivity index (χ3n) is 8.11. The van der Waals surface area contributed by atoms with Crippen molar-refractivity contribution in [2.45, 2.75) is 20.3 Å². The Hall–Kier alpha value is -4.47. The van der Waals surface area contributed by atoms with Crippen LogP contribution in [0.15, 0.2) is 79.0 Å². The van der Waals surface area contributed by atoms with Crippen molar-refractivity contribution < 1.29 is 38.0 Å². The number of fused-ring (bicyclic) bond motifs is 1. The molecule has 0 saturated heterocycles. The molecule has 1 amide bonds. The number of thiazole rings is 1. The number of ether oxygens (including phenoxy) is 6. The van der Waals surface area contributed by atoms with E-state index in [1.54, 1.807) is 10.8 Å². The van der Waals surface area contributed by atoms with Crippen molar-refractivity contribution in [2.24, 2.45) is 5.73 Å². The van der Waals surface area contributed by atoms with Crippen molar-refractivity contribution in [1.82, 2.24) is 9.55 Å². The molecule has 0 aliphatic carbocycles. The molecule has 2 aromatic heterocycles. The molecule has 0 aliphatic heterocycles. The van der Waals surface area contributed by atoms with Crippen LogP contribution in [0.3, 0.4) is 0 Å². The van der Waals surface area contributed by atoms with Gasteiger partial charge in [0.2, 0.25) is 5.91 Å². The van der Waals surface area contributed by atoms with Gasteiger partial charge in [0.25, 0.3) is 5.91 Å². The number of amides is 1. The summed E-state index contributed by atoms with van der Waals surface area (Å²) >= 11 is 1.43. The minimum Gasteiger partial charge on any atom is -0.491 e. The van der Waals surface area contributed by atoms with Gasteiger partial charge in [-0.05, 0) is 61.4 Å². The number of nitrogens with one attached hydrogen (secondary N) is 1. The van der Waals surface area contributed by atoms with Crippen LogP contribution in [0.4, 0.5) is 5.13 Å². The van der Waals surface area contributed by atoms with Crippen LogP contribution in [-0.2, 0) is 34.9 Å². The van der Waals surface area contributed by atoms with Crippen LogP contribution in [0.25, 0.3) is 22.2 Å². The van der Waals surface area contributed by atoms with E-state index < -0.39 is 0 Å². The molecular weight excluding hydrogens is 697 g/mol. The molecule has 5 aromatic rings. The Kier molecular flexibility index (Phi) is 16.0. The largest absolute Gasteiger partial charge is 0.491 e. The SMILES string of the molecule is Cc1ccccc1C(=O)n1ccc2cc(-c3nc(NC(=O)Cc4cccc(OCCOCCOCCOCCOCCOCCN)c4)sc3C)ccc21. The predicted octanol–water partition coefficient (Wildman–Crippen LogP) is 5.67. The first kappa shape index (κ1) is 39.7. The molecule has 0 saturated carbocycles.